The number of hydrogen-bond acceptors (Lipinski definition) is 4. The summed E-state index contributed by atoms with van der Waals surface area (Å²) in [6, 6.07) is 3.36. The lowest BCUT2D eigenvalue weighted by atomic mass is 10.4. The molecule has 1 aromatic heterocycles. The van der Waals surface area contributed by atoms with Crippen LogP contribution in [0.5, 0.6) is 0 Å². The van der Waals surface area contributed by atoms with Crippen molar-refractivity contribution in [2.75, 3.05) is 6.61 Å². The predicted molar refractivity (Wildman–Crippen MR) is 55.6 cm³/mol. The summed E-state index contributed by atoms with van der Waals surface area (Å²) in [5.74, 6) is -0.850. The van der Waals surface area contributed by atoms with Crippen molar-refractivity contribution in [3.05, 3.63) is 28.6 Å². The van der Waals surface area contributed by atoms with Crippen molar-refractivity contribution in [1.82, 2.24) is 0 Å². The van der Waals surface area contributed by atoms with Gasteiger partial charge in [-0.05, 0) is 34.1 Å². The zero-order chi connectivity index (χ0) is 11.3. The van der Waals surface area contributed by atoms with Gasteiger partial charge in [0.25, 0.3) is 5.91 Å². The average Bonchev–Trinajstić information content (AvgIpc) is 2.58. The van der Waals surface area contributed by atoms with E-state index < -0.39 is 18.5 Å². The zero-order valence-corrected chi connectivity index (χ0v) is 9.19. The Bertz CT molecular complexity index is 397. The minimum atomic E-state index is -0.697. The van der Waals surface area contributed by atoms with E-state index in [2.05, 4.69) is 20.7 Å². The molecule has 1 aromatic rings. The molecule has 0 spiro atoms. The molecule has 0 fully saturated rings. The molecule has 5 nitrogen and oxygen atoms in total. The first-order valence-corrected chi connectivity index (χ1v) is 4.75. The number of halogens is 1. The predicted octanol–water partition coefficient (Wildman–Crippen LogP) is 1.08. The van der Waals surface area contributed by atoms with Crippen LogP contribution in [0.15, 0.2) is 27.3 Å². The second-order valence-electron chi connectivity index (χ2n) is 2.55. The van der Waals surface area contributed by atoms with Gasteiger partial charge in [0.2, 0.25) is 0 Å². The summed E-state index contributed by atoms with van der Waals surface area (Å²) in [7, 11) is 0. The summed E-state index contributed by atoms with van der Waals surface area (Å²) in [5.41, 5.74) is 4.79. The molecule has 0 aliphatic heterocycles. The molecule has 0 radical (unpaired) electrons. The number of carbonyl (C=O) groups excluding carboxylic acids is 2. The van der Waals surface area contributed by atoms with E-state index >= 15 is 0 Å². The van der Waals surface area contributed by atoms with Crippen LogP contribution in [0.4, 0.5) is 0 Å². The second-order valence-corrected chi connectivity index (χ2v) is 3.33. The van der Waals surface area contributed by atoms with E-state index in [9.17, 15) is 9.59 Å². The van der Waals surface area contributed by atoms with E-state index in [-0.39, 0.29) is 0 Å². The first-order chi connectivity index (χ1) is 7.08. The second kappa shape index (κ2) is 5.35. The number of primary amides is 1. The fraction of sp³-hybridized carbons (Fsp3) is 0.111. The van der Waals surface area contributed by atoms with Crippen LogP contribution in [-0.4, -0.2) is 18.5 Å². The van der Waals surface area contributed by atoms with Crippen molar-refractivity contribution < 1.29 is 18.7 Å². The van der Waals surface area contributed by atoms with E-state index in [0.717, 1.165) is 6.08 Å². The topological polar surface area (TPSA) is 82.5 Å². The fourth-order valence-corrected chi connectivity index (χ4v) is 1.08. The van der Waals surface area contributed by atoms with E-state index in [4.69, 9.17) is 10.2 Å². The van der Waals surface area contributed by atoms with Crippen LogP contribution in [0.1, 0.15) is 5.76 Å². The molecule has 80 valence electrons. The maximum atomic E-state index is 11.0. The lowest BCUT2D eigenvalue weighted by Crippen LogP contribution is -2.19. The Morgan fingerprint density at radius 2 is 2.27 bits per heavy atom. The van der Waals surface area contributed by atoms with Crippen LogP contribution in [0.25, 0.3) is 6.08 Å². The van der Waals surface area contributed by atoms with Crippen LogP contribution in [-0.2, 0) is 14.3 Å². The van der Waals surface area contributed by atoms with Crippen LogP contribution < -0.4 is 5.73 Å². The molecular formula is C9H8BrNO4. The van der Waals surface area contributed by atoms with Crippen LogP contribution in [0.2, 0.25) is 0 Å². The Hall–Kier alpha value is -1.56. The third kappa shape index (κ3) is 4.46. The van der Waals surface area contributed by atoms with Gasteiger partial charge < -0.3 is 14.9 Å². The molecule has 1 heterocycles. The van der Waals surface area contributed by atoms with E-state index in [0.29, 0.717) is 10.4 Å². The van der Waals surface area contributed by atoms with Crippen molar-refractivity contribution in [1.29, 1.82) is 0 Å². The highest BCUT2D eigenvalue weighted by Crippen LogP contribution is 2.14. The van der Waals surface area contributed by atoms with Gasteiger partial charge in [-0.1, -0.05) is 0 Å². The minimum absolute atomic E-state index is 0.426. The molecule has 6 heteroatoms. The molecule has 0 saturated heterocycles. The first-order valence-electron chi connectivity index (χ1n) is 3.96. The van der Waals surface area contributed by atoms with Gasteiger partial charge in [-0.15, -0.1) is 0 Å². The molecule has 0 bridgehead atoms. The quantitative estimate of drug-likeness (QED) is 0.658. The highest BCUT2D eigenvalue weighted by atomic mass is 79.9. The summed E-state index contributed by atoms with van der Waals surface area (Å²) < 4.78 is 10.1. The van der Waals surface area contributed by atoms with Crippen LogP contribution >= 0.6 is 15.9 Å². The smallest absolute Gasteiger partial charge is 0.331 e. The fourth-order valence-electron chi connectivity index (χ4n) is 0.758. The Morgan fingerprint density at radius 1 is 1.53 bits per heavy atom. The number of carbonyl (C=O) groups is 2. The van der Waals surface area contributed by atoms with Gasteiger partial charge in [0, 0.05) is 6.08 Å². The van der Waals surface area contributed by atoms with Gasteiger partial charge in [0.15, 0.2) is 11.3 Å². The SMILES string of the molecule is NC(=O)COC(=O)/C=C/c1ccc(Br)o1. The normalized spacial score (nSPS) is 10.5. The molecule has 0 aromatic carbocycles. The monoisotopic (exact) mass is 273 g/mol. The Labute approximate surface area is 94.0 Å². The number of hydrogen-bond donors (Lipinski definition) is 1. The summed E-state index contributed by atoms with van der Waals surface area (Å²) in [6.45, 7) is -0.426. The number of furan rings is 1. The maximum absolute atomic E-state index is 11.0. The molecule has 15 heavy (non-hydrogen) atoms. The number of ether oxygens (including phenoxy) is 1. The van der Waals surface area contributed by atoms with Gasteiger partial charge in [0.05, 0.1) is 0 Å². The third-order valence-corrected chi connectivity index (χ3v) is 1.76. The molecule has 1 rings (SSSR count). The van der Waals surface area contributed by atoms with Gasteiger partial charge in [-0.3, -0.25) is 4.79 Å². The standard InChI is InChI=1S/C9H8BrNO4/c10-7-3-1-6(15-7)2-4-9(13)14-5-8(11)12/h1-4H,5H2,(H2,11,12)/b4-2+. The van der Waals surface area contributed by atoms with Crippen LogP contribution in [0, 0.1) is 0 Å². The van der Waals surface area contributed by atoms with Crippen molar-refractivity contribution in [2.45, 2.75) is 0 Å². The number of esters is 1. The molecular weight excluding hydrogens is 266 g/mol. The number of rotatable bonds is 4. The lowest BCUT2D eigenvalue weighted by molar-refractivity contribution is -0.142. The highest BCUT2D eigenvalue weighted by molar-refractivity contribution is 9.10. The Morgan fingerprint density at radius 3 is 2.80 bits per heavy atom. The molecule has 0 saturated carbocycles. The lowest BCUT2D eigenvalue weighted by Gasteiger charge is -1.95. The Balaban J connectivity index is 2.44. The largest absolute Gasteiger partial charge is 0.452 e. The maximum Gasteiger partial charge on any atom is 0.331 e. The molecule has 0 aliphatic carbocycles. The number of amides is 1. The van der Waals surface area contributed by atoms with E-state index in [1.807, 2.05) is 0 Å². The van der Waals surface area contributed by atoms with Crippen molar-refractivity contribution in [3.63, 3.8) is 0 Å². The summed E-state index contributed by atoms with van der Waals surface area (Å²) in [4.78, 5) is 21.2. The van der Waals surface area contributed by atoms with Gasteiger partial charge in [-0.25, -0.2) is 4.79 Å². The van der Waals surface area contributed by atoms with Crippen molar-refractivity contribution in [3.8, 4) is 0 Å². The molecule has 0 atom stereocenters. The summed E-state index contributed by atoms with van der Waals surface area (Å²) >= 11 is 3.11. The highest BCUT2D eigenvalue weighted by Gasteiger charge is 2.01. The van der Waals surface area contributed by atoms with Gasteiger partial charge >= 0.3 is 5.97 Å². The first kappa shape index (κ1) is 11.5. The zero-order valence-electron chi connectivity index (χ0n) is 7.60. The molecule has 0 aliphatic rings. The van der Waals surface area contributed by atoms with Crippen molar-refractivity contribution in [2.24, 2.45) is 5.73 Å². The Kier molecular flexibility index (Phi) is 4.11. The summed E-state index contributed by atoms with van der Waals surface area (Å²) in [6.07, 6.45) is 2.57. The van der Waals surface area contributed by atoms with Crippen LogP contribution in [0.3, 0.4) is 0 Å². The number of nitrogens with two attached hydrogens (primary N) is 1. The summed E-state index contributed by atoms with van der Waals surface area (Å²) in [5, 5.41) is 0. The third-order valence-electron chi connectivity index (χ3n) is 1.33. The molecule has 1 amide bonds. The minimum Gasteiger partial charge on any atom is -0.452 e. The molecule has 0 unspecified atom stereocenters. The van der Waals surface area contributed by atoms with Crippen molar-refractivity contribution >= 4 is 33.9 Å². The van der Waals surface area contributed by atoms with Gasteiger partial charge in [-0.2, -0.15) is 0 Å². The molecule has 2 N–H and O–H groups in total. The van der Waals surface area contributed by atoms with E-state index in [1.165, 1.54) is 6.08 Å². The van der Waals surface area contributed by atoms with Gasteiger partial charge in [0.1, 0.15) is 5.76 Å². The van der Waals surface area contributed by atoms with E-state index in [1.54, 1.807) is 12.1 Å². The average molecular weight is 274 g/mol.